The summed E-state index contributed by atoms with van der Waals surface area (Å²) in [6.07, 6.45) is 5.81. The van der Waals surface area contributed by atoms with E-state index in [1.807, 2.05) is 60.2 Å². The Morgan fingerprint density at radius 3 is 3.04 bits per heavy atom. The van der Waals surface area contributed by atoms with E-state index < -0.39 is 0 Å². The molecule has 0 spiro atoms. The van der Waals surface area contributed by atoms with Crippen molar-refractivity contribution in [3.8, 4) is 0 Å². The Morgan fingerprint density at radius 2 is 2.19 bits per heavy atom. The summed E-state index contributed by atoms with van der Waals surface area (Å²) in [4.78, 5) is 17.0. The number of hydrogen-bond acceptors (Lipinski definition) is 7. The van der Waals surface area contributed by atoms with E-state index in [4.69, 9.17) is 4.94 Å². The van der Waals surface area contributed by atoms with E-state index in [0.29, 0.717) is 11.0 Å². The highest BCUT2D eigenvalue weighted by atomic mass is 32.2. The first kappa shape index (κ1) is 16.6. The number of amides is 1. The number of hydrogen-bond donors (Lipinski definition) is 2. The third-order valence-electron chi connectivity index (χ3n) is 3.90. The molecule has 4 rings (SSSR count). The van der Waals surface area contributed by atoms with Crippen LogP contribution in [0.5, 0.6) is 0 Å². The first-order valence-electron chi connectivity index (χ1n) is 7.97. The number of thioether (sulfide) groups is 1. The van der Waals surface area contributed by atoms with Gasteiger partial charge in [0.2, 0.25) is 5.91 Å². The van der Waals surface area contributed by atoms with Crippen molar-refractivity contribution in [2.45, 2.75) is 11.2 Å². The molecular formula is C17H16N6O2S. The monoisotopic (exact) mass is 368 g/mol. The van der Waals surface area contributed by atoms with Crippen LogP contribution in [0.1, 0.15) is 5.82 Å². The predicted octanol–water partition coefficient (Wildman–Crippen LogP) is 1.76. The van der Waals surface area contributed by atoms with Crippen LogP contribution in [-0.4, -0.2) is 38.2 Å². The van der Waals surface area contributed by atoms with Crippen molar-refractivity contribution in [1.29, 1.82) is 0 Å². The van der Waals surface area contributed by atoms with Crippen LogP contribution in [0.25, 0.3) is 5.57 Å². The molecule has 26 heavy (non-hydrogen) atoms. The molecule has 1 amide bonds. The number of anilines is 1. The van der Waals surface area contributed by atoms with Crippen LogP contribution in [0.15, 0.2) is 58.9 Å². The maximum Gasteiger partial charge on any atom is 0.234 e. The molecule has 9 heteroatoms. The van der Waals surface area contributed by atoms with Gasteiger partial charge in [0, 0.05) is 18.3 Å². The zero-order valence-corrected chi connectivity index (χ0v) is 14.7. The van der Waals surface area contributed by atoms with Crippen molar-refractivity contribution in [1.82, 2.24) is 20.2 Å². The average molecular weight is 368 g/mol. The van der Waals surface area contributed by atoms with Gasteiger partial charge in [-0.1, -0.05) is 47.3 Å². The van der Waals surface area contributed by atoms with Crippen LogP contribution in [0.4, 0.5) is 5.69 Å². The first-order valence-corrected chi connectivity index (χ1v) is 8.96. The van der Waals surface area contributed by atoms with E-state index >= 15 is 0 Å². The van der Waals surface area contributed by atoms with Gasteiger partial charge < -0.3 is 9.88 Å². The normalized spacial score (nSPS) is 18.0. The van der Waals surface area contributed by atoms with E-state index in [2.05, 4.69) is 26.1 Å². The molecule has 1 aliphatic heterocycles. The number of oxime groups is 1. The number of nitrogens with zero attached hydrogens (tertiary/aromatic N) is 4. The summed E-state index contributed by atoms with van der Waals surface area (Å²) in [6, 6.07) is 9.33. The maximum absolute atomic E-state index is 12.1. The zero-order chi connectivity index (χ0) is 17.9. The summed E-state index contributed by atoms with van der Waals surface area (Å²) >= 11 is 1.34. The van der Waals surface area contributed by atoms with Crippen molar-refractivity contribution in [2.24, 2.45) is 12.2 Å². The van der Waals surface area contributed by atoms with Crippen molar-refractivity contribution >= 4 is 34.6 Å². The van der Waals surface area contributed by atoms with Crippen molar-refractivity contribution in [3.63, 3.8) is 0 Å². The van der Waals surface area contributed by atoms with Crippen molar-refractivity contribution < 1.29 is 9.73 Å². The van der Waals surface area contributed by atoms with Crippen LogP contribution in [0.3, 0.4) is 0 Å². The Balaban J connectivity index is 1.41. The fraction of sp³-hybridized carbons (Fsp3) is 0.176. The second kappa shape index (κ2) is 7.14. The molecule has 1 unspecified atom stereocenters. The number of rotatable bonds is 5. The van der Waals surface area contributed by atoms with Gasteiger partial charge in [0.05, 0.1) is 5.75 Å². The Hall–Kier alpha value is -2.91. The van der Waals surface area contributed by atoms with Gasteiger partial charge >= 0.3 is 0 Å². The predicted molar refractivity (Wildman–Crippen MR) is 99.4 cm³/mol. The fourth-order valence-electron chi connectivity index (χ4n) is 2.59. The first-order chi connectivity index (χ1) is 12.7. The summed E-state index contributed by atoms with van der Waals surface area (Å²) in [5, 5.41) is 15.9. The number of carbonyl (C=O) groups excluding carboxylic acids is 1. The van der Waals surface area contributed by atoms with Crippen molar-refractivity contribution in [2.75, 3.05) is 11.1 Å². The number of fused-ring (bicyclic) bond motifs is 1. The molecule has 132 valence electrons. The topological polar surface area (TPSA) is 93.4 Å². The van der Waals surface area contributed by atoms with Crippen molar-refractivity contribution in [3.05, 3.63) is 54.4 Å². The SMILES string of the molecule is Cn1c(SCC(=O)Nc2ccccc2)nnc1C1=CC2=NONC2C=C1. The van der Waals surface area contributed by atoms with Crippen LogP contribution in [0, 0.1) is 0 Å². The Morgan fingerprint density at radius 1 is 1.35 bits per heavy atom. The second-order valence-corrected chi connectivity index (χ2v) is 6.67. The largest absolute Gasteiger partial charge is 0.325 e. The van der Waals surface area contributed by atoms with E-state index in [9.17, 15) is 4.79 Å². The van der Waals surface area contributed by atoms with Gasteiger partial charge in [0.25, 0.3) is 0 Å². The van der Waals surface area contributed by atoms with Gasteiger partial charge in [0.15, 0.2) is 11.0 Å². The lowest BCUT2D eigenvalue weighted by Crippen LogP contribution is -2.27. The highest BCUT2D eigenvalue weighted by Gasteiger charge is 2.24. The molecule has 2 N–H and O–H groups in total. The lowest BCUT2D eigenvalue weighted by molar-refractivity contribution is -0.113. The highest BCUT2D eigenvalue weighted by Crippen LogP contribution is 2.24. The Labute approximate surface area is 154 Å². The van der Waals surface area contributed by atoms with Crippen LogP contribution >= 0.6 is 11.8 Å². The minimum Gasteiger partial charge on any atom is -0.325 e. The number of nitrogens with one attached hydrogen (secondary N) is 2. The molecular weight excluding hydrogens is 352 g/mol. The molecule has 0 radical (unpaired) electrons. The summed E-state index contributed by atoms with van der Waals surface area (Å²) in [7, 11) is 1.87. The molecule has 1 atom stereocenters. The Bertz CT molecular complexity index is 919. The standard InChI is InChI=1S/C17H16N6O2S/c1-23-16(11-7-8-13-14(9-11)22-25-21-13)19-20-17(23)26-10-15(24)18-12-5-3-2-4-6-12/h2-9,13,21H,10H2,1H3,(H,18,24). The smallest absolute Gasteiger partial charge is 0.234 e. The van der Waals surface area contributed by atoms with Gasteiger partial charge in [-0.05, 0) is 18.2 Å². The lowest BCUT2D eigenvalue weighted by Gasteiger charge is -2.10. The molecule has 0 bridgehead atoms. The van der Waals surface area contributed by atoms with Crippen LogP contribution < -0.4 is 10.8 Å². The minimum absolute atomic E-state index is 0.0255. The molecule has 1 aromatic heterocycles. The summed E-state index contributed by atoms with van der Waals surface area (Å²) < 4.78 is 1.86. The van der Waals surface area contributed by atoms with Gasteiger partial charge in [-0.15, -0.1) is 15.7 Å². The quantitative estimate of drug-likeness (QED) is 0.781. The van der Waals surface area contributed by atoms with E-state index in [-0.39, 0.29) is 17.7 Å². The minimum atomic E-state index is -0.0890. The van der Waals surface area contributed by atoms with Gasteiger partial charge in [-0.3, -0.25) is 9.73 Å². The van der Waals surface area contributed by atoms with Gasteiger partial charge in [-0.25, -0.2) is 0 Å². The van der Waals surface area contributed by atoms with Crippen LogP contribution in [0.2, 0.25) is 0 Å². The number of allylic oxidation sites excluding steroid dienone is 2. The van der Waals surface area contributed by atoms with Crippen LogP contribution in [-0.2, 0) is 16.8 Å². The molecule has 2 heterocycles. The average Bonchev–Trinajstić information content (AvgIpc) is 3.26. The number of aromatic nitrogens is 3. The molecule has 0 saturated heterocycles. The molecule has 1 aliphatic carbocycles. The molecule has 8 nitrogen and oxygen atoms in total. The molecule has 0 fully saturated rings. The Kier molecular flexibility index (Phi) is 4.55. The second-order valence-electron chi connectivity index (χ2n) is 5.73. The third-order valence-corrected chi connectivity index (χ3v) is 4.92. The maximum atomic E-state index is 12.1. The molecule has 2 aliphatic rings. The lowest BCUT2D eigenvalue weighted by atomic mass is 10.0. The molecule has 2 aromatic rings. The highest BCUT2D eigenvalue weighted by molar-refractivity contribution is 7.99. The van der Waals surface area contributed by atoms with E-state index in [1.165, 1.54) is 11.8 Å². The fourth-order valence-corrected chi connectivity index (χ4v) is 3.31. The zero-order valence-electron chi connectivity index (χ0n) is 13.9. The summed E-state index contributed by atoms with van der Waals surface area (Å²) in [5.74, 6) is 0.872. The van der Waals surface area contributed by atoms with Gasteiger partial charge in [-0.2, -0.15) is 0 Å². The molecule has 0 saturated carbocycles. The van der Waals surface area contributed by atoms with E-state index in [0.717, 1.165) is 17.0 Å². The number of carbonyl (C=O) groups is 1. The third kappa shape index (κ3) is 3.39. The summed E-state index contributed by atoms with van der Waals surface area (Å²) in [6.45, 7) is 0. The molecule has 1 aromatic carbocycles. The summed E-state index contributed by atoms with van der Waals surface area (Å²) in [5.41, 5.74) is 5.24. The van der Waals surface area contributed by atoms with E-state index in [1.54, 1.807) is 0 Å². The van der Waals surface area contributed by atoms with Gasteiger partial charge in [0.1, 0.15) is 11.8 Å². The number of para-hydroxylation sites is 1. The number of hydroxylamine groups is 1. The number of benzene rings is 1.